The summed E-state index contributed by atoms with van der Waals surface area (Å²) in [7, 11) is 0. The first kappa shape index (κ1) is 16.3. The lowest BCUT2D eigenvalue weighted by molar-refractivity contribution is -0.0260. The number of aliphatic hydroxyl groups excluding tert-OH is 1. The quantitative estimate of drug-likeness (QED) is 0.702. The molecule has 20 heavy (non-hydrogen) atoms. The van der Waals surface area contributed by atoms with Crippen molar-refractivity contribution in [2.75, 3.05) is 13.1 Å². The molecule has 118 valence electrons. The van der Waals surface area contributed by atoms with Gasteiger partial charge in [0.15, 0.2) is 0 Å². The van der Waals surface area contributed by atoms with Gasteiger partial charge in [0.2, 0.25) is 0 Å². The molecule has 3 nitrogen and oxygen atoms in total. The maximum Gasteiger partial charge on any atom is 0.0772 e. The Hall–Kier alpha value is -0.120. The molecule has 0 heterocycles. The third-order valence-corrected chi connectivity index (χ3v) is 5.45. The van der Waals surface area contributed by atoms with Crippen molar-refractivity contribution in [3.63, 3.8) is 0 Å². The fourth-order valence-corrected chi connectivity index (χ4v) is 3.75. The van der Waals surface area contributed by atoms with E-state index in [1.165, 1.54) is 25.7 Å². The second-order valence-corrected chi connectivity index (χ2v) is 8.06. The smallest absolute Gasteiger partial charge is 0.0772 e. The Balaban J connectivity index is 1.62. The maximum atomic E-state index is 10.6. The van der Waals surface area contributed by atoms with Crippen LogP contribution in [0.5, 0.6) is 0 Å². The molecule has 3 N–H and O–H groups in total. The van der Waals surface area contributed by atoms with Crippen LogP contribution in [0.15, 0.2) is 0 Å². The molecule has 2 rings (SSSR count). The van der Waals surface area contributed by atoms with E-state index < -0.39 is 5.60 Å². The molecule has 2 fully saturated rings. The molecule has 0 amide bonds. The molecule has 2 saturated carbocycles. The van der Waals surface area contributed by atoms with Gasteiger partial charge in [-0.05, 0) is 43.4 Å². The largest absolute Gasteiger partial charge is 0.392 e. The van der Waals surface area contributed by atoms with Crippen molar-refractivity contribution in [3.8, 4) is 0 Å². The zero-order valence-electron chi connectivity index (χ0n) is 13.3. The fourth-order valence-electron chi connectivity index (χ4n) is 3.75. The van der Waals surface area contributed by atoms with Gasteiger partial charge in [0.1, 0.15) is 0 Å². The van der Waals surface area contributed by atoms with Gasteiger partial charge in [-0.15, -0.1) is 0 Å². The standard InChI is InChI=1S/C17H33NO2/c1-16(2)7-9-17(20,10-8-16)13-18-12-15(19)11-14-5-3-4-6-14/h14-15,18-20H,3-13H2,1-2H3. The summed E-state index contributed by atoms with van der Waals surface area (Å²) < 4.78 is 0. The van der Waals surface area contributed by atoms with Gasteiger partial charge in [0.05, 0.1) is 11.7 Å². The van der Waals surface area contributed by atoms with Crippen molar-refractivity contribution < 1.29 is 10.2 Å². The summed E-state index contributed by atoms with van der Waals surface area (Å²) in [4.78, 5) is 0. The van der Waals surface area contributed by atoms with Gasteiger partial charge in [0.25, 0.3) is 0 Å². The van der Waals surface area contributed by atoms with E-state index in [2.05, 4.69) is 19.2 Å². The minimum Gasteiger partial charge on any atom is -0.392 e. The Morgan fingerprint density at radius 2 is 1.70 bits per heavy atom. The Kier molecular flexibility index (Phi) is 5.49. The van der Waals surface area contributed by atoms with E-state index >= 15 is 0 Å². The van der Waals surface area contributed by atoms with Crippen molar-refractivity contribution >= 4 is 0 Å². The van der Waals surface area contributed by atoms with Crippen molar-refractivity contribution in [1.82, 2.24) is 5.32 Å². The molecule has 3 heteroatoms. The van der Waals surface area contributed by atoms with Crippen molar-refractivity contribution in [3.05, 3.63) is 0 Å². The Morgan fingerprint density at radius 1 is 1.10 bits per heavy atom. The van der Waals surface area contributed by atoms with Crippen LogP contribution in [-0.2, 0) is 0 Å². The third kappa shape index (κ3) is 5.01. The molecule has 0 radical (unpaired) electrons. The summed E-state index contributed by atoms with van der Waals surface area (Å²) in [5, 5.41) is 23.9. The lowest BCUT2D eigenvalue weighted by Crippen LogP contribution is -2.46. The van der Waals surface area contributed by atoms with Crippen LogP contribution in [0.25, 0.3) is 0 Å². The van der Waals surface area contributed by atoms with Crippen molar-refractivity contribution in [2.45, 2.75) is 83.3 Å². The van der Waals surface area contributed by atoms with Gasteiger partial charge in [-0.25, -0.2) is 0 Å². The van der Waals surface area contributed by atoms with E-state index in [1.54, 1.807) is 0 Å². The highest BCUT2D eigenvalue weighted by Crippen LogP contribution is 2.39. The maximum absolute atomic E-state index is 10.6. The lowest BCUT2D eigenvalue weighted by Gasteiger charge is -2.40. The molecule has 0 aromatic heterocycles. The highest BCUT2D eigenvalue weighted by atomic mass is 16.3. The normalized spacial score (nSPS) is 27.6. The lowest BCUT2D eigenvalue weighted by atomic mass is 9.71. The molecule has 0 aliphatic heterocycles. The van der Waals surface area contributed by atoms with Crippen LogP contribution in [0.4, 0.5) is 0 Å². The van der Waals surface area contributed by atoms with Crippen LogP contribution in [0.3, 0.4) is 0 Å². The van der Waals surface area contributed by atoms with Gasteiger partial charge >= 0.3 is 0 Å². The predicted octanol–water partition coefficient (Wildman–Crippen LogP) is 2.85. The van der Waals surface area contributed by atoms with Crippen LogP contribution in [-0.4, -0.2) is 35.0 Å². The second-order valence-electron chi connectivity index (χ2n) is 8.06. The molecular formula is C17H33NO2. The summed E-state index contributed by atoms with van der Waals surface area (Å²) in [6.07, 6.45) is 9.87. The van der Waals surface area contributed by atoms with Gasteiger partial charge < -0.3 is 15.5 Å². The molecule has 2 aliphatic rings. The molecule has 1 atom stereocenters. The van der Waals surface area contributed by atoms with Crippen molar-refractivity contribution in [2.24, 2.45) is 11.3 Å². The topological polar surface area (TPSA) is 52.5 Å². The Bertz CT molecular complexity index is 287. The Labute approximate surface area is 124 Å². The van der Waals surface area contributed by atoms with Crippen LogP contribution < -0.4 is 5.32 Å². The molecule has 0 bridgehead atoms. The first-order valence-corrected chi connectivity index (χ1v) is 8.50. The number of hydrogen-bond acceptors (Lipinski definition) is 3. The fraction of sp³-hybridized carbons (Fsp3) is 1.00. The van der Waals surface area contributed by atoms with Crippen LogP contribution >= 0.6 is 0 Å². The molecular weight excluding hydrogens is 250 g/mol. The van der Waals surface area contributed by atoms with Crippen LogP contribution in [0.2, 0.25) is 0 Å². The molecule has 1 unspecified atom stereocenters. The van der Waals surface area contributed by atoms with E-state index in [0.29, 0.717) is 18.5 Å². The molecule has 0 saturated heterocycles. The van der Waals surface area contributed by atoms with Gasteiger partial charge in [-0.2, -0.15) is 0 Å². The summed E-state index contributed by atoms with van der Waals surface area (Å²) in [5.41, 5.74) is -0.170. The monoisotopic (exact) mass is 283 g/mol. The van der Waals surface area contributed by atoms with Gasteiger partial charge in [-0.3, -0.25) is 0 Å². The number of rotatable bonds is 6. The van der Waals surface area contributed by atoms with E-state index in [1.807, 2.05) is 0 Å². The van der Waals surface area contributed by atoms with E-state index in [0.717, 1.165) is 38.0 Å². The number of nitrogens with one attached hydrogen (secondary N) is 1. The molecule has 2 aliphatic carbocycles. The minimum absolute atomic E-state index is 0.248. The van der Waals surface area contributed by atoms with E-state index in [4.69, 9.17) is 0 Å². The summed E-state index contributed by atoms with van der Waals surface area (Å²) in [6.45, 7) is 5.82. The van der Waals surface area contributed by atoms with Crippen LogP contribution in [0, 0.1) is 11.3 Å². The van der Waals surface area contributed by atoms with Crippen LogP contribution in [0.1, 0.15) is 71.6 Å². The summed E-state index contributed by atoms with van der Waals surface area (Å²) >= 11 is 0. The zero-order chi connectivity index (χ0) is 14.6. The first-order valence-electron chi connectivity index (χ1n) is 8.50. The third-order valence-electron chi connectivity index (χ3n) is 5.45. The first-order chi connectivity index (χ1) is 9.39. The Morgan fingerprint density at radius 3 is 2.30 bits per heavy atom. The van der Waals surface area contributed by atoms with E-state index in [-0.39, 0.29) is 6.10 Å². The molecule has 0 aromatic rings. The second kappa shape index (κ2) is 6.76. The van der Waals surface area contributed by atoms with Crippen molar-refractivity contribution in [1.29, 1.82) is 0 Å². The van der Waals surface area contributed by atoms with Gasteiger partial charge in [0, 0.05) is 13.1 Å². The molecule has 0 aromatic carbocycles. The highest BCUT2D eigenvalue weighted by molar-refractivity contribution is 4.90. The molecule has 0 spiro atoms. The predicted molar refractivity (Wildman–Crippen MR) is 82.7 cm³/mol. The van der Waals surface area contributed by atoms with E-state index in [9.17, 15) is 10.2 Å². The summed E-state index contributed by atoms with van der Waals surface area (Å²) in [6, 6.07) is 0. The average molecular weight is 283 g/mol. The summed E-state index contributed by atoms with van der Waals surface area (Å²) in [5.74, 6) is 0.727. The SMILES string of the molecule is CC1(C)CCC(O)(CNCC(O)CC2CCCC2)CC1. The van der Waals surface area contributed by atoms with Gasteiger partial charge in [-0.1, -0.05) is 39.5 Å². The minimum atomic E-state index is -0.553. The number of aliphatic hydroxyl groups is 2. The number of hydrogen-bond donors (Lipinski definition) is 3. The highest BCUT2D eigenvalue weighted by Gasteiger charge is 2.36. The zero-order valence-corrected chi connectivity index (χ0v) is 13.3. The average Bonchev–Trinajstić information content (AvgIpc) is 2.86.